The molecule has 3 N–H and O–H groups in total. The zero-order chi connectivity index (χ0) is 15.1. The van der Waals surface area contributed by atoms with E-state index in [2.05, 4.69) is 25.2 Å². The van der Waals surface area contributed by atoms with E-state index in [1.807, 2.05) is 12.1 Å². The van der Waals surface area contributed by atoms with Crippen LogP contribution < -0.4 is 15.8 Å². The molecule has 1 aromatic rings. The van der Waals surface area contributed by atoms with Crippen LogP contribution in [0.2, 0.25) is 0 Å². The van der Waals surface area contributed by atoms with Crippen molar-refractivity contribution >= 4 is 11.4 Å². The van der Waals surface area contributed by atoms with Gasteiger partial charge in [0, 0.05) is 30.1 Å². The Labute approximate surface area is 129 Å². The molecule has 0 radical (unpaired) electrons. The minimum absolute atomic E-state index is 0.739. The molecular formula is C18H30N2O. The van der Waals surface area contributed by atoms with Gasteiger partial charge in [-0.3, -0.25) is 0 Å². The quantitative estimate of drug-likeness (QED) is 0.716. The van der Waals surface area contributed by atoms with Crippen LogP contribution in [0.1, 0.15) is 52.4 Å². The predicted octanol–water partition coefficient (Wildman–Crippen LogP) is 4.69. The van der Waals surface area contributed by atoms with Crippen molar-refractivity contribution in [3.05, 3.63) is 18.2 Å². The van der Waals surface area contributed by atoms with Crippen LogP contribution in [0.15, 0.2) is 18.2 Å². The largest absolute Gasteiger partial charge is 0.493 e. The summed E-state index contributed by atoms with van der Waals surface area (Å²) >= 11 is 0. The minimum Gasteiger partial charge on any atom is -0.493 e. The van der Waals surface area contributed by atoms with Crippen LogP contribution in [0, 0.1) is 11.8 Å². The average Bonchev–Trinajstić information content (AvgIpc) is 2.45. The third kappa shape index (κ3) is 5.49. The first-order chi connectivity index (χ1) is 10.2. The van der Waals surface area contributed by atoms with E-state index in [4.69, 9.17) is 10.5 Å². The second kappa shape index (κ2) is 8.16. The van der Waals surface area contributed by atoms with Gasteiger partial charge in [0.2, 0.25) is 0 Å². The van der Waals surface area contributed by atoms with Crippen LogP contribution in [0.4, 0.5) is 11.4 Å². The lowest BCUT2D eigenvalue weighted by atomic mass is 9.81. The van der Waals surface area contributed by atoms with Gasteiger partial charge >= 0.3 is 0 Å². The minimum atomic E-state index is 0.739. The molecule has 1 aliphatic carbocycles. The molecule has 1 saturated carbocycles. The number of hydrogen-bond acceptors (Lipinski definition) is 3. The van der Waals surface area contributed by atoms with E-state index >= 15 is 0 Å². The molecule has 0 spiro atoms. The molecular weight excluding hydrogens is 260 g/mol. The molecule has 1 aliphatic rings. The summed E-state index contributed by atoms with van der Waals surface area (Å²) in [5.74, 6) is 2.66. The second-order valence-electron chi connectivity index (χ2n) is 6.49. The van der Waals surface area contributed by atoms with Gasteiger partial charge in [-0.05, 0) is 37.2 Å². The van der Waals surface area contributed by atoms with Crippen LogP contribution in [-0.2, 0) is 0 Å². The zero-order valence-corrected chi connectivity index (χ0v) is 13.5. The van der Waals surface area contributed by atoms with E-state index < -0.39 is 0 Å². The molecule has 1 fully saturated rings. The molecule has 0 aromatic heterocycles. The van der Waals surface area contributed by atoms with E-state index in [1.54, 1.807) is 0 Å². The second-order valence-corrected chi connectivity index (χ2v) is 6.49. The Balaban J connectivity index is 1.80. The number of nitrogens with two attached hydrogens (primary N) is 1. The first kappa shape index (κ1) is 16.0. The molecule has 118 valence electrons. The van der Waals surface area contributed by atoms with Crippen LogP contribution >= 0.6 is 0 Å². The molecule has 0 saturated heterocycles. The Morgan fingerprint density at radius 1 is 1.29 bits per heavy atom. The average molecular weight is 290 g/mol. The Hall–Kier alpha value is -1.38. The molecule has 21 heavy (non-hydrogen) atoms. The molecule has 0 bridgehead atoms. The summed E-state index contributed by atoms with van der Waals surface area (Å²) in [6.45, 7) is 6.25. The number of hydrogen-bond donors (Lipinski definition) is 2. The maximum absolute atomic E-state index is 5.94. The van der Waals surface area contributed by atoms with Crippen molar-refractivity contribution in [2.24, 2.45) is 11.8 Å². The number of nitrogen functional groups attached to an aromatic ring is 1. The van der Waals surface area contributed by atoms with Crippen LogP contribution in [0.25, 0.3) is 0 Å². The van der Waals surface area contributed by atoms with E-state index in [0.717, 1.165) is 48.5 Å². The summed E-state index contributed by atoms with van der Waals surface area (Å²) < 4.78 is 5.67. The van der Waals surface area contributed by atoms with Gasteiger partial charge in [-0.15, -0.1) is 0 Å². The van der Waals surface area contributed by atoms with Gasteiger partial charge in [-0.25, -0.2) is 0 Å². The van der Waals surface area contributed by atoms with Crippen molar-refractivity contribution in [2.75, 3.05) is 24.2 Å². The topological polar surface area (TPSA) is 47.3 Å². The van der Waals surface area contributed by atoms with E-state index in [-0.39, 0.29) is 0 Å². The normalized spacial score (nSPS) is 22.0. The van der Waals surface area contributed by atoms with Crippen molar-refractivity contribution in [3.8, 4) is 5.75 Å². The van der Waals surface area contributed by atoms with Crippen molar-refractivity contribution in [3.63, 3.8) is 0 Å². The lowest BCUT2D eigenvalue weighted by Crippen LogP contribution is -2.16. The number of nitrogens with one attached hydrogen (secondary N) is 1. The molecule has 3 nitrogen and oxygen atoms in total. The lowest BCUT2D eigenvalue weighted by molar-refractivity contribution is 0.274. The molecule has 3 heteroatoms. The highest BCUT2D eigenvalue weighted by Crippen LogP contribution is 2.31. The van der Waals surface area contributed by atoms with E-state index in [9.17, 15) is 0 Å². The predicted molar refractivity (Wildman–Crippen MR) is 90.9 cm³/mol. The third-order valence-corrected chi connectivity index (χ3v) is 4.33. The number of ether oxygens (including phenoxy) is 1. The van der Waals surface area contributed by atoms with Crippen molar-refractivity contribution < 1.29 is 4.74 Å². The number of anilines is 2. The molecule has 2 atom stereocenters. The zero-order valence-electron chi connectivity index (χ0n) is 13.5. The number of rotatable bonds is 7. The summed E-state index contributed by atoms with van der Waals surface area (Å²) in [7, 11) is 0. The maximum atomic E-state index is 5.94. The Morgan fingerprint density at radius 2 is 2.14 bits per heavy atom. The molecule has 0 heterocycles. The van der Waals surface area contributed by atoms with Crippen LogP contribution in [0.5, 0.6) is 5.75 Å². The third-order valence-electron chi connectivity index (χ3n) is 4.33. The van der Waals surface area contributed by atoms with Gasteiger partial charge in [0.15, 0.2) is 0 Å². The summed E-state index contributed by atoms with van der Waals surface area (Å²) in [6.07, 6.45) is 7.87. The molecule has 0 amide bonds. The van der Waals surface area contributed by atoms with Gasteiger partial charge in [-0.2, -0.15) is 0 Å². The SMILES string of the molecule is CCCOc1cc(N)cc(NCCC2CCCC(C)C2)c1. The summed E-state index contributed by atoms with van der Waals surface area (Å²) in [5, 5.41) is 3.50. The van der Waals surface area contributed by atoms with Crippen LogP contribution in [-0.4, -0.2) is 13.2 Å². The summed E-state index contributed by atoms with van der Waals surface area (Å²) in [5.41, 5.74) is 7.78. The van der Waals surface area contributed by atoms with Gasteiger partial charge in [0.05, 0.1) is 6.61 Å². The standard InChI is InChI=1S/C18H30N2O/c1-3-9-21-18-12-16(19)11-17(13-18)20-8-7-15-6-4-5-14(2)10-15/h11-15,20H,3-10,19H2,1-2H3. The highest BCUT2D eigenvalue weighted by molar-refractivity contribution is 5.59. The van der Waals surface area contributed by atoms with Gasteiger partial charge in [-0.1, -0.05) is 33.1 Å². The molecule has 1 aromatic carbocycles. The van der Waals surface area contributed by atoms with Crippen molar-refractivity contribution in [2.45, 2.75) is 52.4 Å². The van der Waals surface area contributed by atoms with Gasteiger partial charge < -0.3 is 15.8 Å². The van der Waals surface area contributed by atoms with Crippen LogP contribution in [0.3, 0.4) is 0 Å². The van der Waals surface area contributed by atoms with Gasteiger partial charge in [0.25, 0.3) is 0 Å². The lowest BCUT2D eigenvalue weighted by Gasteiger charge is -2.26. The smallest absolute Gasteiger partial charge is 0.123 e. The molecule has 0 aliphatic heterocycles. The molecule has 2 rings (SSSR count). The van der Waals surface area contributed by atoms with E-state index in [1.165, 1.54) is 32.1 Å². The van der Waals surface area contributed by atoms with Crippen molar-refractivity contribution in [1.29, 1.82) is 0 Å². The maximum Gasteiger partial charge on any atom is 0.123 e. The highest BCUT2D eigenvalue weighted by atomic mass is 16.5. The Morgan fingerprint density at radius 3 is 2.90 bits per heavy atom. The first-order valence-corrected chi connectivity index (χ1v) is 8.44. The van der Waals surface area contributed by atoms with Gasteiger partial charge in [0.1, 0.15) is 5.75 Å². The Kier molecular flexibility index (Phi) is 6.21. The monoisotopic (exact) mass is 290 g/mol. The highest BCUT2D eigenvalue weighted by Gasteiger charge is 2.18. The summed E-state index contributed by atoms with van der Waals surface area (Å²) in [4.78, 5) is 0. The fourth-order valence-corrected chi connectivity index (χ4v) is 3.27. The first-order valence-electron chi connectivity index (χ1n) is 8.44. The van der Waals surface area contributed by atoms with Crippen molar-refractivity contribution in [1.82, 2.24) is 0 Å². The summed E-state index contributed by atoms with van der Waals surface area (Å²) in [6, 6.07) is 5.93. The fourth-order valence-electron chi connectivity index (χ4n) is 3.27. The number of benzene rings is 1. The van der Waals surface area contributed by atoms with E-state index in [0.29, 0.717) is 0 Å². The molecule has 2 unspecified atom stereocenters. The fraction of sp³-hybridized carbons (Fsp3) is 0.667. The Bertz CT molecular complexity index is 433.